The average Bonchev–Trinajstić information content (AvgIpc) is 2.44. The normalized spacial score (nSPS) is 10.3. The van der Waals surface area contributed by atoms with Gasteiger partial charge in [0, 0.05) is 12.1 Å². The third-order valence-electron chi connectivity index (χ3n) is 2.88. The first-order valence-corrected chi connectivity index (χ1v) is 6.70. The topological polar surface area (TPSA) is 110 Å². The summed E-state index contributed by atoms with van der Waals surface area (Å²) in [6.45, 7) is 2.97. The molecule has 0 bridgehead atoms. The van der Waals surface area contributed by atoms with Gasteiger partial charge in [-0.05, 0) is 19.9 Å². The fourth-order valence-corrected chi connectivity index (χ4v) is 1.83. The van der Waals surface area contributed by atoms with Crippen molar-refractivity contribution < 1.29 is 24.4 Å². The monoisotopic (exact) mass is 310 g/mol. The quantitative estimate of drug-likeness (QED) is 0.578. The van der Waals surface area contributed by atoms with Crippen molar-refractivity contribution in [1.82, 2.24) is 4.90 Å². The number of hydrogen-bond acceptors (Lipinski definition) is 5. The van der Waals surface area contributed by atoms with Crippen molar-refractivity contribution in [3.63, 3.8) is 0 Å². The van der Waals surface area contributed by atoms with E-state index in [1.807, 2.05) is 0 Å². The number of carbonyl (C=O) groups is 2. The highest BCUT2D eigenvalue weighted by molar-refractivity contribution is 5.81. The summed E-state index contributed by atoms with van der Waals surface area (Å²) < 4.78 is 5.27. The Morgan fingerprint density at radius 3 is 2.55 bits per heavy atom. The summed E-state index contributed by atoms with van der Waals surface area (Å²) in [6, 6.07) is 5.61. The lowest BCUT2D eigenvalue weighted by atomic mass is 10.2. The van der Waals surface area contributed by atoms with E-state index in [-0.39, 0.29) is 43.0 Å². The molecular weight excluding hydrogens is 292 g/mol. The molecule has 1 amide bonds. The molecule has 0 saturated carbocycles. The Balaban J connectivity index is 2.61. The van der Waals surface area contributed by atoms with Crippen LogP contribution in [-0.2, 0) is 9.59 Å². The number of nitrogens with zero attached hydrogens (tertiary/aromatic N) is 2. The summed E-state index contributed by atoms with van der Waals surface area (Å²) >= 11 is 0. The number of carboxylic acid groups (broad SMARTS) is 1. The lowest BCUT2D eigenvalue weighted by molar-refractivity contribution is -0.385. The van der Waals surface area contributed by atoms with E-state index in [1.165, 1.54) is 23.1 Å². The molecule has 1 N–H and O–H groups in total. The molecule has 8 heteroatoms. The number of amides is 1. The molecule has 0 unspecified atom stereocenters. The third kappa shape index (κ3) is 5.04. The lowest BCUT2D eigenvalue weighted by Gasteiger charge is -2.24. The Bertz CT molecular complexity index is 558. The molecule has 0 saturated heterocycles. The van der Waals surface area contributed by atoms with E-state index in [4.69, 9.17) is 9.84 Å². The van der Waals surface area contributed by atoms with Gasteiger partial charge in [0.05, 0.1) is 18.0 Å². The van der Waals surface area contributed by atoms with Crippen LogP contribution in [0.3, 0.4) is 0 Å². The van der Waals surface area contributed by atoms with E-state index in [0.29, 0.717) is 0 Å². The molecule has 22 heavy (non-hydrogen) atoms. The molecule has 0 aliphatic heterocycles. The van der Waals surface area contributed by atoms with Crippen LogP contribution in [0.15, 0.2) is 24.3 Å². The molecule has 0 aromatic heterocycles. The van der Waals surface area contributed by atoms with Crippen LogP contribution in [0.2, 0.25) is 0 Å². The highest BCUT2D eigenvalue weighted by atomic mass is 16.6. The molecule has 1 aromatic carbocycles. The van der Waals surface area contributed by atoms with Crippen molar-refractivity contribution in [2.75, 3.05) is 13.2 Å². The molecule has 120 valence electrons. The van der Waals surface area contributed by atoms with Crippen LogP contribution >= 0.6 is 0 Å². The maximum Gasteiger partial charge on any atom is 0.323 e. The smallest absolute Gasteiger partial charge is 0.323 e. The van der Waals surface area contributed by atoms with Gasteiger partial charge in [-0.15, -0.1) is 0 Å². The molecule has 1 aromatic rings. The van der Waals surface area contributed by atoms with Gasteiger partial charge in [-0.2, -0.15) is 0 Å². The second-order valence-corrected chi connectivity index (χ2v) is 4.83. The molecule has 0 atom stereocenters. The molecule has 0 spiro atoms. The molecule has 0 radical (unpaired) electrons. The van der Waals surface area contributed by atoms with Gasteiger partial charge in [0.15, 0.2) is 5.75 Å². The number of para-hydroxylation sites is 2. The van der Waals surface area contributed by atoms with Crippen molar-refractivity contribution >= 4 is 17.6 Å². The number of nitro benzene ring substituents is 1. The Morgan fingerprint density at radius 2 is 2.00 bits per heavy atom. The summed E-state index contributed by atoms with van der Waals surface area (Å²) in [4.78, 5) is 34.2. The van der Waals surface area contributed by atoms with Crippen molar-refractivity contribution in [1.29, 1.82) is 0 Å². The summed E-state index contributed by atoms with van der Waals surface area (Å²) in [7, 11) is 0. The third-order valence-corrected chi connectivity index (χ3v) is 2.88. The van der Waals surface area contributed by atoms with Crippen molar-refractivity contribution in [2.24, 2.45) is 0 Å². The first-order valence-electron chi connectivity index (χ1n) is 6.70. The number of rotatable bonds is 8. The number of carbonyl (C=O) groups excluding carboxylic acids is 1. The molecule has 0 heterocycles. The molecule has 0 aliphatic rings. The predicted octanol–water partition coefficient (Wildman–Crippen LogP) is 1.69. The molecule has 0 fully saturated rings. The van der Waals surface area contributed by atoms with E-state index in [1.54, 1.807) is 19.9 Å². The standard InChI is InChI=1S/C14H18N2O6/c1-10(2)15(9-14(18)19)13(17)7-8-22-12-6-4-3-5-11(12)16(20)21/h3-6,10H,7-9H2,1-2H3,(H,18,19). The van der Waals surface area contributed by atoms with Crippen LogP contribution in [-0.4, -0.2) is 46.0 Å². The van der Waals surface area contributed by atoms with Crippen LogP contribution in [0.4, 0.5) is 5.69 Å². The number of carboxylic acids is 1. The number of hydrogen-bond donors (Lipinski definition) is 1. The zero-order valence-electron chi connectivity index (χ0n) is 12.4. The molecule has 0 aliphatic carbocycles. The van der Waals surface area contributed by atoms with Gasteiger partial charge in [0.1, 0.15) is 6.54 Å². The van der Waals surface area contributed by atoms with Crippen LogP contribution in [0.1, 0.15) is 20.3 Å². The van der Waals surface area contributed by atoms with Gasteiger partial charge in [-0.25, -0.2) is 0 Å². The fraction of sp³-hybridized carbons (Fsp3) is 0.429. The Kier molecular flexibility index (Phi) is 6.30. The molecule has 1 rings (SSSR count). The van der Waals surface area contributed by atoms with Gasteiger partial charge in [-0.3, -0.25) is 19.7 Å². The minimum atomic E-state index is -1.10. The zero-order valence-corrected chi connectivity index (χ0v) is 12.4. The van der Waals surface area contributed by atoms with E-state index < -0.39 is 10.9 Å². The van der Waals surface area contributed by atoms with Gasteiger partial charge in [0.2, 0.25) is 5.91 Å². The van der Waals surface area contributed by atoms with Crippen molar-refractivity contribution in [2.45, 2.75) is 26.3 Å². The largest absolute Gasteiger partial charge is 0.486 e. The summed E-state index contributed by atoms with van der Waals surface area (Å²) in [6.07, 6.45) is -0.0580. The highest BCUT2D eigenvalue weighted by Crippen LogP contribution is 2.25. The van der Waals surface area contributed by atoms with Gasteiger partial charge < -0.3 is 14.7 Å². The lowest BCUT2D eigenvalue weighted by Crippen LogP contribution is -2.41. The van der Waals surface area contributed by atoms with Gasteiger partial charge >= 0.3 is 11.7 Å². The number of aliphatic carboxylic acids is 1. The van der Waals surface area contributed by atoms with Crippen LogP contribution in [0, 0.1) is 10.1 Å². The summed E-state index contributed by atoms with van der Waals surface area (Å²) in [5, 5.41) is 19.6. The number of benzene rings is 1. The van der Waals surface area contributed by atoms with Crippen LogP contribution in [0.25, 0.3) is 0 Å². The minimum Gasteiger partial charge on any atom is -0.486 e. The van der Waals surface area contributed by atoms with Gasteiger partial charge in [0.25, 0.3) is 0 Å². The fourth-order valence-electron chi connectivity index (χ4n) is 1.83. The number of nitro groups is 1. The van der Waals surface area contributed by atoms with Crippen LogP contribution < -0.4 is 4.74 Å². The first kappa shape index (κ1) is 17.4. The maximum atomic E-state index is 12.0. The summed E-state index contributed by atoms with van der Waals surface area (Å²) in [5.74, 6) is -1.40. The van der Waals surface area contributed by atoms with E-state index in [9.17, 15) is 19.7 Å². The van der Waals surface area contributed by atoms with Crippen molar-refractivity contribution in [3.8, 4) is 5.75 Å². The van der Waals surface area contributed by atoms with Gasteiger partial charge in [-0.1, -0.05) is 12.1 Å². The maximum absolute atomic E-state index is 12.0. The Hall–Kier alpha value is -2.64. The molecular formula is C14H18N2O6. The summed E-state index contributed by atoms with van der Waals surface area (Å²) in [5.41, 5.74) is -0.179. The van der Waals surface area contributed by atoms with E-state index in [2.05, 4.69) is 0 Å². The second kappa shape index (κ2) is 7.96. The van der Waals surface area contributed by atoms with E-state index >= 15 is 0 Å². The zero-order chi connectivity index (χ0) is 16.7. The first-order chi connectivity index (χ1) is 10.3. The number of ether oxygens (including phenoxy) is 1. The van der Waals surface area contributed by atoms with Crippen molar-refractivity contribution in [3.05, 3.63) is 34.4 Å². The minimum absolute atomic E-state index is 0.0580. The highest BCUT2D eigenvalue weighted by Gasteiger charge is 2.20. The van der Waals surface area contributed by atoms with Crippen LogP contribution in [0.5, 0.6) is 5.75 Å². The SMILES string of the molecule is CC(C)N(CC(=O)O)C(=O)CCOc1ccccc1[N+](=O)[O-]. The second-order valence-electron chi connectivity index (χ2n) is 4.83. The van der Waals surface area contributed by atoms with E-state index in [0.717, 1.165) is 0 Å². The average molecular weight is 310 g/mol. The predicted molar refractivity (Wildman–Crippen MR) is 77.7 cm³/mol. The Labute approximate surface area is 127 Å². The Morgan fingerprint density at radius 1 is 1.36 bits per heavy atom. The molecule has 8 nitrogen and oxygen atoms in total.